The second-order valence-electron chi connectivity index (χ2n) is 3.14. The first-order valence-electron chi connectivity index (χ1n) is 4.77. The van der Waals surface area contributed by atoms with Crippen molar-refractivity contribution in [2.75, 3.05) is 0 Å². The number of carboxylic acid groups (broad SMARTS) is 1. The van der Waals surface area contributed by atoms with Crippen molar-refractivity contribution in [2.45, 2.75) is 18.9 Å². The Kier molecular flexibility index (Phi) is 4.94. The minimum Gasteiger partial charge on any atom is -0.481 e. The van der Waals surface area contributed by atoms with Crippen LogP contribution in [0.4, 0.5) is 0 Å². The molecule has 0 bridgehead atoms. The molecule has 16 heavy (non-hydrogen) atoms. The largest absolute Gasteiger partial charge is 0.481 e. The molecule has 6 nitrogen and oxygen atoms in total. The van der Waals surface area contributed by atoms with Crippen LogP contribution in [0.3, 0.4) is 0 Å². The van der Waals surface area contributed by atoms with E-state index < -0.39 is 5.97 Å². The summed E-state index contributed by atoms with van der Waals surface area (Å²) in [6.45, 7) is 0. The lowest BCUT2D eigenvalue weighted by Gasteiger charge is -2.10. The van der Waals surface area contributed by atoms with Crippen LogP contribution in [0.1, 0.15) is 24.4 Å². The highest BCUT2D eigenvalue weighted by molar-refractivity contribution is 5.66. The average molecular weight is 223 g/mol. The van der Waals surface area contributed by atoms with Crippen LogP contribution in [0.15, 0.2) is 29.5 Å². The van der Waals surface area contributed by atoms with E-state index in [0.717, 1.165) is 11.9 Å². The third kappa shape index (κ3) is 4.05. The first kappa shape index (κ1) is 12.1. The molecule has 3 N–H and O–H groups in total. The third-order valence-electron chi connectivity index (χ3n) is 2.01. The highest BCUT2D eigenvalue weighted by atomic mass is 16.5. The molecule has 1 heterocycles. The fourth-order valence-corrected chi connectivity index (χ4v) is 1.28. The highest BCUT2D eigenvalue weighted by Crippen LogP contribution is 2.21. The molecular weight excluding hydrogens is 210 g/mol. The van der Waals surface area contributed by atoms with Crippen molar-refractivity contribution in [1.82, 2.24) is 10.5 Å². The summed E-state index contributed by atoms with van der Waals surface area (Å²) >= 11 is 0. The highest BCUT2D eigenvalue weighted by Gasteiger charge is 2.11. The molecule has 0 amide bonds. The van der Waals surface area contributed by atoms with Gasteiger partial charge in [-0.25, -0.2) is 0 Å². The quantitative estimate of drug-likeness (QED) is 0.380. The number of rotatable bonds is 6. The van der Waals surface area contributed by atoms with Crippen LogP contribution in [0.25, 0.3) is 0 Å². The van der Waals surface area contributed by atoms with Gasteiger partial charge in [0.25, 0.3) is 0 Å². The van der Waals surface area contributed by atoms with Crippen molar-refractivity contribution >= 4 is 12.3 Å². The van der Waals surface area contributed by atoms with E-state index in [-0.39, 0.29) is 12.5 Å². The Hall–Kier alpha value is -1.95. The van der Waals surface area contributed by atoms with Crippen LogP contribution in [-0.4, -0.2) is 27.6 Å². The summed E-state index contributed by atoms with van der Waals surface area (Å²) in [4.78, 5) is 18.4. The van der Waals surface area contributed by atoms with E-state index in [9.17, 15) is 4.79 Å². The van der Waals surface area contributed by atoms with Gasteiger partial charge < -0.3 is 5.11 Å². The molecule has 1 rings (SSSR count). The molecule has 0 aliphatic rings. The molecule has 0 radical (unpaired) electrons. The molecule has 1 aromatic heterocycles. The van der Waals surface area contributed by atoms with Gasteiger partial charge in [-0.2, -0.15) is 0 Å². The molecule has 1 atom stereocenters. The second kappa shape index (κ2) is 6.52. The van der Waals surface area contributed by atoms with Crippen molar-refractivity contribution in [2.24, 2.45) is 4.99 Å². The molecule has 1 unspecified atom stereocenters. The molecule has 0 spiro atoms. The number of hydroxylamine groups is 1. The Labute approximate surface area is 92.6 Å². The summed E-state index contributed by atoms with van der Waals surface area (Å²) in [6.07, 6.45) is 4.76. The van der Waals surface area contributed by atoms with Gasteiger partial charge >= 0.3 is 5.97 Å². The molecular formula is C10H13N3O3. The number of aromatic nitrogens is 1. The summed E-state index contributed by atoms with van der Waals surface area (Å²) < 4.78 is 0. The van der Waals surface area contributed by atoms with Crippen molar-refractivity contribution < 1.29 is 15.1 Å². The lowest BCUT2D eigenvalue weighted by atomic mass is 10.0. The van der Waals surface area contributed by atoms with Crippen LogP contribution in [-0.2, 0) is 4.79 Å². The van der Waals surface area contributed by atoms with Crippen LogP contribution in [0, 0.1) is 0 Å². The van der Waals surface area contributed by atoms with Gasteiger partial charge in [-0.05, 0) is 18.1 Å². The fourth-order valence-electron chi connectivity index (χ4n) is 1.28. The number of pyridine rings is 1. The van der Waals surface area contributed by atoms with Crippen molar-refractivity contribution in [3.8, 4) is 0 Å². The van der Waals surface area contributed by atoms with Gasteiger partial charge in [0, 0.05) is 18.8 Å². The zero-order chi connectivity index (χ0) is 11.8. The summed E-state index contributed by atoms with van der Waals surface area (Å²) in [6, 6.07) is 3.25. The van der Waals surface area contributed by atoms with Gasteiger partial charge in [0.1, 0.15) is 6.34 Å². The number of aliphatic imine (C=N–C) groups is 1. The smallest absolute Gasteiger partial charge is 0.303 e. The summed E-state index contributed by atoms with van der Waals surface area (Å²) in [5.41, 5.74) is 2.61. The maximum absolute atomic E-state index is 10.5. The van der Waals surface area contributed by atoms with E-state index in [1.807, 2.05) is 6.07 Å². The van der Waals surface area contributed by atoms with Crippen LogP contribution < -0.4 is 5.48 Å². The average Bonchev–Trinajstić information content (AvgIpc) is 2.30. The molecule has 86 valence electrons. The zero-order valence-corrected chi connectivity index (χ0v) is 8.58. The number of nitrogens with one attached hydrogen (secondary N) is 1. The van der Waals surface area contributed by atoms with E-state index in [1.54, 1.807) is 23.9 Å². The lowest BCUT2D eigenvalue weighted by molar-refractivity contribution is -0.137. The Bertz CT molecular complexity index is 354. The normalized spacial score (nSPS) is 12.6. The summed E-state index contributed by atoms with van der Waals surface area (Å²) in [7, 11) is 0. The Morgan fingerprint density at radius 2 is 2.50 bits per heavy atom. The second-order valence-corrected chi connectivity index (χ2v) is 3.14. The van der Waals surface area contributed by atoms with E-state index in [1.165, 1.54) is 0 Å². The Balaban J connectivity index is 2.71. The van der Waals surface area contributed by atoms with Gasteiger partial charge in [-0.1, -0.05) is 6.07 Å². The lowest BCUT2D eigenvalue weighted by Crippen LogP contribution is -2.07. The van der Waals surface area contributed by atoms with Gasteiger partial charge in [0.2, 0.25) is 0 Å². The Morgan fingerprint density at radius 3 is 3.06 bits per heavy atom. The van der Waals surface area contributed by atoms with Crippen molar-refractivity contribution in [1.29, 1.82) is 0 Å². The number of hydrogen-bond acceptors (Lipinski definition) is 4. The molecule has 0 saturated heterocycles. The summed E-state index contributed by atoms with van der Waals surface area (Å²) in [5, 5.41) is 17.0. The van der Waals surface area contributed by atoms with Gasteiger partial charge in [0.15, 0.2) is 0 Å². The van der Waals surface area contributed by atoms with Crippen molar-refractivity contribution in [3.05, 3.63) is 30.1 Å². The van der Waals surface area contributed by atoms with E-state index in [0.29, 0.717) is 6.42 Å². The van der Waals surface area contributed by atoms with E-state index >= 15 is 0 Å². The van der Waals surface area contributed by atoms with Crippen LogP contribution in [0.5, 0.6) is 0 Å². The topological polar surface area (TPSA) is 94.8 Å². The van der Waals surface area contributed by atoms with E-state index in [2.05, 4.69) is 9.98 Å². The predicted molar refractivity (Wildman–Crippen MR) is 57.3 cm³/mol. The fraction of sp³-hybridized carbons (Fsp3) is 0.300. The number of carboxylic acids is 1. The maximum atomic E-state index is 10.5. The van der Waals surface area contributed by atoms with E-state index in [4.69, 9.17) is 10.3 Å². The summed E-state index contributed by atoms with van der Waals surface area (Å²) in [5.74, 6) is -0.874. The zero-order valence-electron chi connectivity index (χ0n) is 8.58. The van der Waals surface area contributed by atoms with Gasteiger partial charge in [-0.15, -0.1) is 0 Å². The monoisotopic (exact) mass is 223 g/mol. The molecule has 1 aromatic rings. The molecule has 0 aliphatic carbocycles. The van der Waals surface area contributed by atoms with Gasteiger partial charge in [-0.3, -0.25) is 25.5 Å². The number of nitrogens with zero attached hydrogens (tertiary/aromatic N) is 2. The first-order valence-corrected chi connectivity index (χ1v) is 4.77. The van der Waals surface area contributed by atoms with Crippen LogP contribution >= 0.6 is 0 Å². The van der Waals surface area contributed by atoms with Crippen LogP contribution in [0.2, 0.25) is 0 Å². The molecule has 0 aromatic carbocycles. The first-order chi connectivity index (χ1) is 7.74. The minimum absolute atomic E-state index is 0.0162. The van der Waals surface area contributed by atoms with Gasteiger partial charge in [0.05, 0.1) is 6.04 Å². The molecule has 0 saturated carbocycles. The number of hydrogen-bond donors (Lipinski definition) is 3. The number of carbonyl (C=O) groups is 1. The number of aliphatic carboxylic acids is 1. The Morgan fingerprint density at radius 1 is 1.69 bits per heavy atom. The molecule has 0 aliphatic heterocycles. The third-order valence-corrected chi connectivity index (χ3v) is 2.01. The standard InChI is InChI=1S/C10H13N3O3/c14-10(15)4-3-9(12-7-13-16)8-2-1-5-11-6-8/h1-2,5-7,9,16H,3-4H2,(H,12,13)(H,14,15). The molecule has 0 fully saturated rings. The molecule has 6 heteroatoms. The maximum Gasteiger partial charge on any atom is 0.303 e. The minimum atomic E-state index is -0.874. The SMILES string of the molecule is O=C(O)CCC(N=CNO)c1cccnc1. The van der Waals surface area contributed by atoms with Crippen molar-refractivity contribution in [3.63, 3.8) is 0 Å². The predicted octanol–water partition coefficient (Wildman–Crippen LogP) is 0.995.